The highest BCUT2D eigenvalue weighted by atomic mass is 35.5. The molecule has 0 amide bonds. The number of hydrogen-bond acceptors (Lipinski definition) is 5. The Kier molecular flexibility index (Phi) is 6.31. The Morgan fingerprint density at radius 3 is 2.78 bits per heavy atom. The Labute approximate surface area is 168 Å². The average Bonchev–Trinajstić information content (AvgIpc) is 2.79. The molecule has 7 heteroatoms. The summed E-state index contributed by atoms with van der Waals surface area (Å²) in [5, 5.41) is 3.76. The van der Waals surface area contributed by atoms with Crippen molar-refractivity contribution in [2.75, 3.05) is 19.0 Å². The molecule has 2 aromatic carbocycles. The highest BCUT2D eigenvalue weighted by Gasteiger charge is 2.32. The van der Waals surface area contributed by atoms with Crippen molar-refractivity contribution >= 4 is 40.5 Å². The molecule has 2 atom stereocenters. The third kappa shape index (κ3) is 4.40. The molecule has 0 saturated carbocycles. The van der Waals surface area contributed by atoms with Crippen LogP contribution in [-0.4, -0.2) is 30.8 Å². The van der Waals surface area contributed by atoms with E-state index in [1.165, 1.54) is 0 Å². The molecule has 1 N–H and O–H groups in total. The van der Waals surface area contributed by atoms with Crippen LogP contribution in [0.4, 0.5) is 5.69 Å². The molecule has 0 bridgehead atoms. The van der Waals surface area contributed by atoms with E-state index in [-0.39, 0.29) is 12.4 Å². The van der Waals surface area contributed by atoms with Crippen molar-refractivity contribution < 1.29 is 19.0 Å². The van der Waals surface area contributed by atoms with Gasteiger partial charge in [0.1, 0.15) is 22.9 Å². The summed E-state index contributed by atoms with van der Waals surface area (Å²) in [5.74, 6) is 0.311. The van der Waals surface area contributed by atoms with Crippen LogP contribution >= 0.6 is 23.8 Å². The molecule has 0 aromatic heterocycles. The van der Waals surface area contributed by atoms with E-state index in [9.17, 15) is 4.79 Å². The van der Waals surface area contributed by atoms with Gasteiger partial charge in [-0.2, -0.15) is 0 Å². The van der Waals surface area contributed by atoms with Gasteiger partial charge in [0.05, 0.1) is 20.1 Å². The maximum atomic E-state index is 12.0. The van der Waals surface area contributed by atoms with E-state index in [2.05, 4.69) is 5.32 Å². The molecule has 27 heavy (non-hydrogen) atoms. The van der Waals surface area contributed by atoms with E-state index < -0.39 is 12.2 Å². The van der Waals surface area contributed by atoms with E-state index >= 15 is 0 Å². The number of benzene rings is 2. The normalized spacial score (nSPS) is 18.9. The first-order valence-electron chi connectivity index (χ1n) is 8.57. The van der Waals surface area contributed by atoms with Crippen molar-refractivity contribution in [2.45, 2.75) is 25.6 Å². The Bertz CT molecular complexity index is 858. The molecule has 5 nitrogen and oxygen atoms in total. The van der Waals surface area contributed by atoms with Crippen molar-refractivity contribution in [3.8, 4) is 5.75 Å². The molecule has 1 aliphatic rings. The molecule has 142 valence electrons. The van der Waals surface area contributed by atoms with Gasteiger partial charge >= 0.3 is 5.97 Å². The lowest BCUT2D eigenvalue weighted by atomic mass is 9.99. The Hall–Kier alpha value is -2.15. The maximum absolute atomic E-state index is 12.0. The van der Waals surface area contributed by atoms with Crippen LogP contribution < -0.4 is 10.1 Å². The van der Waals surface area contributed by atoms with Crippen LogP contribution in [0.25, 0.3) is 0 Å². The smallest absolute Gasteiger partial charge is 0.308 e. The Balaban J connectivity index is 2.05. The fraction of sp³-hybridized carbons (Fsp3) is 0.300. The highest BCUT2D eigenvalue weighted by Crippen LogP contribution is 2.40. The molecule has 1 heterocycles. The summed E-state index contributed by atoms with van der Waals surface area (Å²) in [6, 6.07) is 13.0. The van der Waals surface area contributed by atoms with Gasteiger partial charge in [0.2, 0.25) is 0 Å². The molecule has 0 unspecified atom stereocenters. The number of ether oxygens (including phenoxy) is 3. The fourth-order valence-corrected chi connectivity index (χ4v) is 3.44. The number of rotatable bonds is 5. The zero-order chi connectivity index (χ0) is 19.4. The minimum Gasteiger partial charge on any atom is -0.496 e. The monoisotopic (exact) mass is 405 g/mol. The van der Waals surface area contributed by atoms with E-state index in [1.54, 1.807) is 20.1 Å². The van der Waals surface area contributed by atoms with E-state index in [1.807, 2.05) is 36.4 Å². The van der Waals surface area contributed by atoms with Crippen LogP contribution in [0.15, 0.2) is 42.5 Å². The van der Waals surface area contributed by atoms with Gasteiger partial charge in [0.15, 0.2) is 0 Å². The van der Waals surface area contributed by atoms with Crippen LogP contribution in [0.3, 0.4) is 0 Å². The number of halogens is 1. The molecule has 0 saturated heterocycles. The van der Waals surface area contributed by atoms with Gasteiger partial charge in [-0.25, -0.2) is 0 Å². The predicted octanol–water partition coefficient (Wildman–Crippen LogP) is 4.53. The van der Waals surface area contributed by atoms with E-state index in [4.69, 9.17) is 38.0 Å². The van der Waals surface area contributed by atoms with Crippen molar-refractivity contribution in [1.29, 1.82) is 0 Å². The van der Waals surface area contributed by atoms with Crippen molar-refractivity contribution in [3.05, 3.63) is 58.6 Å². The second-order valence-electron chi connectivity index (χ2n) is 5.98. The number of methoxy groups -OCH3 is 1. The minimum atomic E-state index is -0.639. The van der Waals surface area contributed by atoms with Crippen LogP contribution in [0.5, 0.6) is 5.75 Å². The second kappa shape index (κ2) is 8.69. The van der Waals surface area contributed by atoms with Crippen LogP contribution in [0.1, 0.15) is 30.6 Å². The summed E-state index contributed by atoms with van der Waals surface area (Å²) in [7, 11) is 1.60. The molecule has 0 radical (unpaired) electrons. The minimum absolute atomic E-state index is 0.0209. The van der Waals surface area contributed by atoms with Gasteiger partial charge in [-0.1, -0.05) is 42.0 Å². The van der Waals surface area contributed by atoms with Gasteiger partial charge in [-0.3, -0.25) is 4.79 Å². The lowest BCUT2D eigenvalue weighted by molar-refractivity contribution is -0.145. The lowest BCUT2D eigenvalue weighted by Gasteiger charge is -2.23. The molecule has 0 fully saturated rings. The number of hydrogen-bond donors (Lipinski definition) is 1. The number of anilines is 1. The summed E-state index contributed by atoms with van der Waals surface area (Å²) in [5.41, 5.74) is 2.43. The number of carbonyl (C=O) groups is 1. The number of thiocarbonyl (C=S) groups is 1. The van der Waals surface area contributed by atoms with Gasteiger partial charge < -0.3 is 19.5 Å². The number of nitrogens with one attached hydrogen (secondary N) is 1. The Morgan fingerprint density at radius 1 is 1.26 bits per heavy atom. The molecular formula is C20H20ClNO4S. The third-order valence-corrected chi connectivity index (χ3v) is 4.83. The quantitative estimate of drug-likeness (QED) is 0.582. The van der Waals surface area contributed by atoms with Gasteiger partial charge in [-0.05, 0) is 31.2 Å². The Morgan fingerprint density at radius 2 is 2.04 bits per heavy atom. The largest absolute Gasteiger partial charge is 0.496 e. The standard InChI is InChI=1S/C20H20ClNO4S/c1-3-25-18(23)11-17-20(27)22-15-9-8-12(21)10-14(15)19(26-17)13-6-4-5-7-16(13)24-2/h4-10,17,19H,3,11H2,1-2H3,(H,22,27)/t17-,19-/m1/s1. The highest BCUT2D eigenvalue weighted by molar-refractivity contribution is 7.80. The first-order chi connectivity index (χ1) is 13.0. The summed E-state index contributed by atoms with van der Waals surface area (Å²) < 4.78 is 16.9. The summed E-state index contributed by atoms with van der Waals surface area (Å²) in [6.07, 6.45) is -1.13. The van der Waals surface area contributed by atoms with Crippen molar-refractivity contribution in [3.63, 3.8) is 0 Å². The third-order valence-electron chi connectivity index (χ3n) is 4.23. The lowest BCUT2D eigenvalue weighted by Crippen LogP contribution is -2.31. The zero-order valence-electron chi connectivity index (χ0n) is 15.0. The molecule has 1 aliphatic heterocycles. The maximum Gasteiger partial charge on any atom is 0.308 e. The van der Waals surface area contributed by atoms with Gasteiger partial charge in [0, 0.05) is 21.8 Å². The SMILES string of the molecule is CCOC(=O)C[C@H]1O[C@H](c2ccccc2OC)c2cc(Cl)ccc2NC1=S. The number of esters is 1. The summed E-state index contributed by atoms with van der Waals surface area (Å²) >= 11 is 11.7. The van der Waals surface area contributed by atoms with E-state index in [0.717, 1.165) is 16.8 Å². The zero-order valence-corrected chi connectivity index (χ0v) is 16.6. The molecular weight excluding hydrogens is 386 g/mol. The van der Waals surface area contributed by atoms with Gasteiger partial charge in [-0.15, -0.1) is 0 Å². The fourth-order valence-electron chi connectivity index (χ4n) is 3.01. The van der Waals surface area contributed by atoms with Gasteiger partial charge in [0.25, 0.3) is 0 Å². The topological polar surface area (TPSA) is 56.8 Å². The first-order valence-corrected chi connectivity index (χ1v) is 9.36. The second-order valence-corrected chi connectivity index (χ2v) is 6.85. The van der Waals surface area contributed by atoms with Crippen LogP contribution in [0, 0.1) is 0 Å². The van der Waals surface area contributed by atoms with Crippen molar-refractivity contribution in [1.82, 2.24) is 0 Å². The molecule has 0 spiro atoms. The number of carbonyl (C=O) groups excluding carboxylic acids is 1. The van der Waals surface area contributed by atoms with Crippen molar-refractivity contribution in [2.24, 2.45) is 0 Å². The van der Waals surface area contributed by atoms with E-state index in [0.29, 0.717) is 22.4 Å². The predicted molar refractivity (Wildman–Crippen MR) is 109 cm³/mol. The summed E-state index contributed by atoms with van der Waals surface area (Å²) in [6.45, 7) is 2.06. The molecule has 3 rings (SSSR count). The van der Waals surface area contributed by atoms with Crippen LogP contribution in [0.2, 0.25) is 5.02 Å². The number of fused-ring (bicyclic) bond motifs is 1. The average molecular weight is 406 g/mol. The first kappa shape index (κ1) is 19.6. The summed E-state index contributed by atoms with van der Waals surface area (Å²) in [4.78, 5) is 12.4. The number of para-hydroxylation sites is 1. The molecule has 0 aliphatic carbocycles. The van der Waals surface area contributed by atoms with Crippen LogP contribution in [-0.2, 0) is 14.3 Å². The molecule has 2 aromatic rings.